The van der Waals surface area contributed by atoms with E-state index in [9.17, 15) is 18.0 Å². The molecule has 8 nitrogen and oxygen atoms in total. The molecular weight excluding hydrogens is 284 g/mol. The van der Waals surface area contributed by atoms with Crippen molar-refractivity contribution in [1.82, 2.24) is 4.31 Å². The van der Waals surface area contributed by atoms with Crippen LogP contribution in [0.5, 0.6) is 0 Å². The lowest BCUT2D eigenvalue weighted by atomic mass is 10.2. The van der Waals surface area contributed by atoms with E-state index >= 15 is 0 Å². The lowest BCUT2D eigenvalue weighted by molar-refractivity contribution is -0.120. The molecule has 0 aliphatic heterocycles. The Hall–Kier alpha value is -1.97. The largest absolute Gasteiger partial charge is 0.369 e. The summed E-state index contributed by atoms with van der Waals surface area (Å²) in [5.74, 6) is -1.78. The molecule has 0 unspecified atom stereocenters. The highest BCUT2D eigenvalue weighted by Gasteiger charge is 2.28. The summed E-state index contributed by atoms with van der Waals surface area (Å²) in [5, 5.41) is 0. The number of carbonyl (C=O) groups is 2. The Morgan fingerprint density at radius 1 is 1.05 bits per heavy atom. The zero-order valence-corrected chi connectivity index (χ0v) is 11.5. The Kier molecular flexibility index (Phi) is 5.19. The van der Waals surface area contributed by atoms with Gasteiger partial charge >= 0.3 is 0 Å². The number of amides is 2. The van der Waals surface area contributed by atoms with Gasteiger partial charge < -0.3 is 17.2 Å². The van der Waals surface area contributed by atoms with Crippen LogP contribution in [0.15, 0.2) is 29.2 Å². The second-order valence-corrected chi connectivity index (χ2v) is 5.92. The van der Waals surface area contributed by atoms with Crippen molar-refractivity contribution >= 4 is 21.8 Å². The number of primary amides is 2. The molecule has 1 aromatic carbocycles. The minimum Gasteiger partial charge on any atom is -0.369 e. The van der Waals surface area contributed by atoms with Gasteiger partial charge in [0.1, 0.15) is 0 Å². The maximum absolute atomic E-state index is 12.4. The molecule has 9 heteroatoms. The summed E-state index contributed by atoms with van der Waals surface area (Å²) < 4.78 is 25.5. The number of nitrogens with zero attached hydrogens (tertiary/aromatic N) is 1. The Labute approximate surface area is 116 Å². The van der Waals surface area contributed by atoms with Gasteiger partial charge in [0.25, 0.3) is 0 Å². The molecule has 0 saturated heterocycles. The van der Waals surface area contributed by atoms with Crippen molar-refractivity contribution in [2.24, 2.45) is 17.2 Å². The number of carbonyl (C=O) groups excluding carboxylic acids is 2. The van der Waals surface area contributed by atoms with E-state index in [1.807, 2.05) is 0 Å². The Morgan fingerprint density at radius 2 is 1.55 bits per heavy atom. The topological polar surface area (TPSA) is 150 Å². The molecule has 0 fully saturated rings. The van der Waals surface area contributed by atoms with E-state index in [-0.39, 0.29) is 11.4 Å². The van der Waals surface area contributed by atoms with Crippen LogP contribution >= 0.6 is 0 Å². The number of rotatable bonds is 7. The van der Waals surface area contributed by atoms with Gasteiger partial charge in [-0.1, -0.05) is 18.2 Å². The highest BCUT2D eigenvalue weighted by molar-refractivity contribution is 7.89. The number of hydrogen-bond donors (Lipinski definition) is 3. The van der Waals surface area contributed by atoms with Gasteiger partial charge in [0.15, 0.2) is 0 Å². The second-order valence-electron chi connectivity index (χ2n) is 4.02. The predicted molar refractivity (Wildman–Crippen MR) is 71.5 cm³/mol. The molecule has 1 aromatic rings. The molecule has 110 valence electrons. The molecule has 1 rings (SSSR count). The van der Waals surface area contributed by atoms with Gasteiger partial charge in [0.2, 0.25) is 21.8 Å². The first-order chi connectivity index (χ1) is 9.28. The molecule has 2 amide bonds. The Balaban J connectivity index is 3.28. The van der Waals surface area contributed by atoms with Crippen LogP contribution in [0.25, 0.3) is 0 Å². The summed E-state index contributed by atoms with van der Waals surface area (Å²) in [6.45, 7) is -1.27. The fourth-order valence-electron chi connectivity index (χ4n) is 1.64. The third-order valence-electron chi connectivity index (χ3n) is 2.47. The number of sulfonamides is 1. The number of hydrogen-bond acceptors (Lipinski definition) is 5. The van der Waals surface area contributed by atoms with Gasteiger partial charge in [0, 0.05) is 6.54 Å². The van der Waals surface area contributed by atoms with Crippen LogP contribution in [0, 0.1) is 0 Å². The minimum absolute atomic E-state index is 0.00359. The summed E-state index contributed by atoms with van der Waals surface area (Å²) in [6, 6.07) is 6.03. The van der Waals surface area contributed by atoms with Gasteiger partial charge in [-0.25, -0.2) is 8.42 Å². The summed E-state index contributed by atoms with van der Waals surface area (Å²) in [7, 11) is -4.08. The van der Waals surface area contributed by atoms with Crippen LogP contribution in [0.3, 0.4) is 0 Å². The minimum atomic E-state index is -4.08. The molecule has 6 N–H and O–H groups in total. The van der Waals surface area contributed by atoms with E-state index in [1.54, 1.807) is 12.1 Å². The Bertz CT molecular complexity index is 599. The van der Waals surface area contributed by atoms with Crippen molar-refractivity contribution in [2.45, 2.75) is 11.4 Å². The Morgan fingerprint density at radius 3 is 2.00 bits per heavy atom. The van der Waals surface area contributed by atoms with Crippen molar-refractivity contribution in [3.8, 4) is 0 Å². The smallest absolute Gasteiger partial charge is 0.244 e. The lowest BCUT2D eigenvalue weighted by Gasteiger charge is -2.20. The van der Waals surface area contributed by atoms with Crippen molar-refractivity contribution in [2.75, 3.05) is 13.1 Å². The predicted octanol–water partition coefficient (Wildman–Crippen LogP) is -1.89. The molecule has 0 heterocycles. The van der Waals surface area contributed by atoms with Crippen molar-refractivity contribution in [3.05, 3.63) is 29.8 Å². The summed E-state index contributed by atoms with van der Waals surface area (Å²) in [6.07, 6.45) is 0. The van der Waals surface area contributed by atoms with E-state index in [1.165, 1.54) is 12.1 Å². The average molecular weight is 300 g/mol. The lowest BCUT2D eigenvalue weighted by Crippen LogP contribution is -2.43. The van der Waals surface area contributed by atoms with E-state index in [2.05, 4.69) is 0 Å². The van der Waals surface area contributed by atoms with E-state index < -0.39 is 34.9 Å². The molecule has 0 aromatic heterocycles. The highest BCUT2D eigenvalue weighted by atomic mass is 32.2. The van der Waals surface area contributed by atoms with Gasteiger partial charge in [-0.05, 0) is 11.6 Å². The van der Waals surface area contributed by atoms with Crippen LogP contribution in [0.4, 0.5) is 0 Å². The number of benzene rings is 1. The normalized spacial score (nSPS) is 11.5. The second kappa shape index (κ2) is 6.46. The molecule has 0 bridgehead atoms. The van der Waals surface area contributed by atoms with Crippen molar-refractivity contribution < 1.29 is 18.0 Å². The van der Waals surface area contributed by atoms with Crippen molar-refractivity contribution in [1.29, 1.82) is 0 Å². The van der Waals surface area contributed by atoms with Crippen LogP contribution in [0.2, 0.25) is 0 Å². The monoisotopic (exact) mass is 300 g/mol. The first-order valence-corrected chi connectivity index (χ1v) is 7.07. The molecule has 0 saturated carbocycles. The number of nitrogens with two attached hydrogens (primary N) is 3. The van der Waals surface area contributed by atoms with Gasteiger partial charge in [-0.15, -0.1) is 0 Å². The summed E-state index contributed by atoms with van der Waals surface area (Å²) in [4.78, 5) is 21.8. The molecule has 20 heavy (non-hydrogen) atoms. The molecule has 0 aliphatic rings. The zero-order chi connectivity index (χ0) is 15.3. The fourth-order valence-corrected chi connectivity index (χ4v) is 3.24. The highest BCUT2D eigenvalue weighted by Crippen LogP contribution is 2.19. The third kappa shape index (κ3) is 3.76. The van der Waals surface area contributed by atoms with Gasteiger partial charge in [-0.2, -0.15) is 4.31 Å². The van der Waals surface area contributed by atoms with Crippen LogP contribution in [0.1, 0.15) is 5.56 Å². The standard InChI is InChI=1S/C11H16N4O4S/c12-5-8-3-1-2-4-9(8)20(18,19)15(6-10(13)16)7-11(14)17/h1-4H,5-7,12H2,(H2,13,16)(H2,14,17). The molecule has 0 atom stereocenters. The third-order valence-corrected chi connectivity index (χ3v) is 4.37. The first-order valence-electron chi connectivity index (χ1n) is 5.63. The molecular formula is C11H16N4O4S. The van der Waals surface area contributed by atoms with Gasteiger partial charge in [0.05, 0.1) is 18.0 Å². The summed E-state index contributed by atoms with van der Waals surface area (Å²) >= 11 is 0. The van der Waals surface area contributed by atoms with Crippen LogP contribution in [-0.2, 0) is 26.2 Å². The van der Waals surface area contributed by atoms with E-state index in [0.29, 0.717) is 9.87 Å². The van der Waals surface area contributed by atoms with E-state index in [0.717, 1.165) is 0 Å². The fraction of sp³-hybridized carbons (Fsp3) is 0.273. The van der Waals surface area contributed by atoms with E-state index in [4.69, 9.17) is 17.2 Å². The first kappa shape index (κ1) is 16.1. The van der Waals surface area contributed by atoms with Crippen molar-refractivity contribution in [3.63, 3.8) is 0 Å². The maximum atomic E-state index is 12.4. The molecule has 0 spiro atoms. The summed E-state index contributed by atoms with van der Waals surface area (Å²) in [5.41, 5.74) is 15.8. The van der Waals surface area contributed by atoms with Crippen LogP contribution in [-0.4, -0.2) is 37.6 Å². The SMILES string of the molecule is NCc1ccccc1S(=O)(=O)N(CC(N)=O)CC(N)=O. The van der Waals surface area contributed by atoms with Crippen LogP contribution < -0.4 is 17.2 Å². The molecule has 0 radical (unpaired) electrons. The quantitative estimate of drug-likeness (QED) is 0.538. The zero-order valence-electron chi connectivity index (χ0n) is 10.7. The molecule has 0 aliphatic carbocycles. The maximum Gasteiger partial charge on any atom is 0.244 e. The average Bonchev–Trinajstić information content (AvgIpc) is 2.36. The van der Waals surface area contributed by atoms with Gasteiger partial charge in [-0.3, -0.25) is 9.59 Å².